The van der Waals surface area contributed by atoms with Gasteiger partial charge in [0.25, 0.3) is 5.79 Å². The molecule has 0 aliphatic carbocycles. The molecule has 0 saturated carbocycles. The van der Waals surface area contributed by atoms with E-state index < -0.39 is 29.0 Å². The van der Waals surface area contributed by atoms with E-state index >= 15 is 0 Å². The van der Waals surface area contributed by atoms with E-state index in [0.29, 0.717) is 36.7 Å². The lowest BCUT2D eigenvalue weighted by Crippen LogP contribution is -2.54. The third-order valence-electron chi connectivity index (χ3n) is 9.10. The molecule has 2 saturated heterocycles. The van der Waals surface area contributed by atoms with E-state index in [1.54, 1.807) is 25.1 Å². The van der Waals surface area contributed by atoms with Crippen molar-refractivity contribution in [3.63, 3.8) is 0 Å². The number of alkyl halides is 3. The van der Waals surface area contributed by atoms with Crippen LogP contribution in [-0.2, 0) is 18.5 Å². The minimum absolute atomic E-state index is 0.0292. The number of aromatic amines is 1. The topological polar surface area (TPSA) is 103 Å². The molecule has 3 aliphatic rings. The SMILES string of the molecule is CC1(C#N)CN(c2cc(-c3nnc(C(F)(F)F)[nH]3)cnc2CN2CCC(c3cccc4c3O[C@@](C)(c3ccc(Cl)cc3F)O4)CC2)C1. The van der Waals surface area contributed by atoms with Gasteiger partial charge in [-0.2, -0.15) is 18.4 Å². The number of nitrogens with zero attached hydrogens (tertiary/aromatic N) is 6. The number of nitriles is 1. The van der Waals surface area contributed by atoms with Crippen molar-refractivity contribution < 1.29 is 27.0 Å². The van der Waals surface area contributed by atoms with Crippen LogP contribution in [-0.4, -0.2) is 51.2 Å². The van der Waals surface area contributed by atoms with Gasteiger partial charge in [0.2, 0.25) is 5.82 Å². The molecule has 2 fully saturated rings. The van der Waals surface area contributed by atoms with Crippen LogP contribution in [0.5, 0.6) is 11.5 Å². The molecule has 4 aromatic rings. The van der Waals surface area contributed by atoms with Crippen LogP contribution in [0.15, 0.2) is 48.7 Å². The van der Waals surface area contributed by atoms with Crippen LogP contribution < -0.4 is 14.4 Å². The smallest absolute Gasteiger partial charge is 0.444 e. The zero-order valence-electron chi connectivity index (χ0n) is 25.5. The van der Waals surface area contributed by atoms with E-state index in [1.165, 1.54) is 12.3 Å². The first kappa shape index (κ1) is 31.2. The van der Waals surface area contributed by atoms with Crippen molar-refractivity contribution >= 4 is 17.3 Å². The summed E-state index contributed by atoms with van der Waals surface area (Å²) in [7, 11) is 0. The number of anilines is 1. The Morgan fingerprint density at radius 2 is 1.85 bits per heavy atom. The molecule has 47 heavy (non-hydrogen) atoms. The number of benzene rings is 2. The fourth-order valence-corrected chi connectivity index (χ4v) is 6.77. The second kappa shape index (κ2) is 11.4. The van der Waals surface area contributed by atoms with Crippen molar-refractivity contribution in [3.05, 3.63) is 82.1 Å². The van der Waals surface area contributed by atoms with E-state index in [0.717, 1.165) is 42.9 Å². The number of fused-ring (bicyclic) bond motifs is 1. The number of hydrogen-bond donors (Lipinski definition) is 1. The van der Waals surface area contributed by atoms with Crippen molar-refractivity contribution in [2.45, 2.75) is 51.1 Å². The Labute approximate surface area is 273 Å². The van der Waals surface area contributed by atoms with Gasteiger partial charge in [-0.15, -0.1) is 10.2 Å². The van der Waals surface area contributed by atoms with Crippen LogP contribution in [0.4, 0.5) is 23.2 Å². The van der Waals surface area contributed by atoms with E-state index in [9.17, 15) is 22.8 Å². The number of ether oxygens (including phenoxy) is 2. The predicted molar refractivity (Wildman–Crippen MR) is 164 cm³/mol. The first-order valence-corrected chi connectivity index (χ1v) is 15.6. The summed E-state index contributed by atoms with van der Waals surface area (Å²) >= 11 is 5.96. The standard InChI is InChI=1S/C33H30ClF4N7O2/c1-31(16-39)17-45(18-31)26-12-20(29-41-30(43-42-29)33(36,37)38)14-40-25(26)15-44-10-8-19(9-11-44)22-4-3-5-27-28(22)47-32(2,46-27)23-7-6-21(34)13-24(23)35/h3-7,12-14,19H,8-11,15,17-18H2,1-2H3,(H,41,42,43)/t32-/m0/s1. The number of aromatic nitrogens is 4. The fourth-order valence-electron chi connectivity index (χ4n) is 6.61. The number of piperidine rings is 1. The highest BCUT2D eigenvalue weighted by atomic mass is 35.5. The maximum absolute atomic E-state index is 14.8. The van der Waals surface area contributed by atoms with Crippen molar-refractivity contribution in [1.82, 2.24) is 25.1 Å². The summed E-state index contributed by atoms with van der Waals surface area (Å²) in [4.78, 5) is 11.2. The molecule has 1 atom stereocenters. The highest BCUT2D eigenvalue weighted by Crippen LogP contribution is 2.50. The Bertz CT molecular complexity index is 1880. The molecule has 0 radical (unpaired) electrons. The van der Waals surface area contributed by atoms with Crippen molar-refractivity contribution in [3.8, 4) is 29.0 Å². The Hall–Kier alpha value is -4.41. The molecule has 0 unspecified atom stereocenters. The van der Waals surface area contributed by atoms with Crippen LogP contribution in [0.25, 0.3) is 11.4 Å². The molecule has 3 aliphatic heterocycles. The lowest BCUT2D eigenvalue weighted by Gasteiger charge is -2.45. The van der Waals surface area contributed by atoms with Crippen molar-refractivity contribution in [2.75, 3.05) is 31.1 Å². The summed E-state index contributed by atoms with van der Waals surface area (Å²) in [6.07, 6.45) is -1.49. The van der Waals surface area contributed by atoms with Gasteiger partial charge in [0.05, 0.1) is 28.4 Å². The van der Waals surface area contributed by atoms with Gasteiger partial charge >= 0.3 is 6.18 Å². The number of hydrogen-bond acceptors (Lipinski definition) is 8. The number of H-pyrrole nitrogens is 1. The monoisotopic (exact) mass is 667 g/mol. The highest BCUT2D eigenvalue weighted by molar-refractivity contribution is 6.30. The zero-order valence-corrected chi connectivity index (χ0v) is 26.3. The Morgan fingerprint density at radius 1 is 1.09 bits per heavy atom. The van der Waals surface area contributed by atoms with Crippen LogP contribution in [0.2, 0.25) is 5.02 Å². The largest absolute Gasteiger partial charge is 0.451 e. The van der Waals surface area contributed by atoms with Gasteiger partial charge in [0, 0.05) is 48.9 Å². The average molecular weight is 668 g/mol. The molecule has 0 bridgehead atoms. The normalized spacial score (nSPS) is 21.0. The molecule has 1 N–H and O–H groups in total. The molecule has 14 heteroatoms. The van der Waals surface area contributed by atoms with Gasteiger partial charge < -0.3 is 19.4 Å². The summed E-state index contributed by atoms with van der Waals surface area (Å²) in [6, 6.07) is 14.3. The molecule has 7 rings (SSSR count). The van der Waals surface area contributed by atoms with Crippen LogP contribution >= 0.6 is 11.6 Å². The number of nitrogens with one attached hydrogen (secondary N) is 1. The van der Waals surface area contributed by atoms with Gasteiger partial charge in [0.1, 0.15) is 5.82 Å². The number of pyridine rings is 1. The average Bonchev–Trinajstić information content (AvgIpc) is 3.65. The maximum atomic E-state index is 14.8. The Morgan fingerprint density at radius 3 is 2.53 bits per heavy atom. The molecular weight excluding hydrogens is 638 g/mol. The van der Waals surface area contributed by atoms with Crippen LogP contribution in [0.3, 0.4) is 0 Å². The molecule has 2 aromatic carbocycles. The Balaban J connectivity index is 1.07. The molecule has 0 spiro atoms. The third-order valence-corrected chi connectivity index (χ3v) is 9.33. The third kappa shape index (κ3) is 5.85. The number of likely N-dealkylation sites (tertiary alicyclic amines) is 1. The van der Waals surface area contributed by atoms with E-state index in [4.69, 9.17) is 21.1 Å². The zero-order chi connectivity index (χ0) is 33.1. The number of halogens is 5. The van der Waals surface area contributed by atoms with E-state index in [-0.39, 0.29) is 22.3 Å². The highest BCUT2D eigenvalue weighted by Gasteiger charge is 2.44. The molecular formula is C33H30ClF4N7O2. The van der Waals surface area contributed by atoms with Gasteiger partial charge in [-0.3, -0.25) is 9.88 Å². The summed E-state index contributed by atoms with van der Waals surface area (Å²) in [5, 5.41) is 16.8. The van der Waals surface area contributed by atoms with E-state index in [2.05, 4.69) is 31.1 Å². The van der Waals surface area contributed by atoms with Gasteiger partial charge in [0.15, 0.2) is 17.3 Å². The fraction of sp³-hybridized carbons (Fsp3) is 0.394. The van der Waals surface area contributed by atoms with Crippen LogP contribution in [0, 0.1) is 22.6 Å². The summed E-state index contributed by atoms with van der Waals surface area (Å²) in [5.41, 5.74) is 2.64. The molecule has 244 valence electrons. The number of rotatable bonds is 6. The Kier molecular flexibility index (Phi) is 7.56. The van der Waals surface area contributed by atoms with Gasteiger partial charge in [-0.25, -0.2) is 4.39 Å². The molecule has 2 aromatic heterocycles. The first-order valence-electron chi connectivity index (χ1n) is 15.2. The first-order chi connectivity index (χ1) is 22.3. The second-order valence-electron chi connectivity index (χ2n) is 12.7. The van der Waals surface area contributed by atoms with Crippen molar-refractivity contribution in [1.29, 1.82) is 5.26 Å². The van der Waals surface area contributed by atoms with Gasteiger partial charge in [-0.05, 0) is 69.1 Å². The summed E-state index contributed by atoms with van der Waals surface area (Å²) < 4.78 is 66.8. The molecule has 0 amide bonds. The van der Waals surface area contributed by atoms with Crippen molar-refractivity contribution in [2.24, 2.45) is 5.41 Å². The molecule has 5 heterocycles. The minimum atomic E-state index is -4.65. The van der Waals surface area contributed by atoms with Gasteiger partial charge in [-0.1, -0.05) is 23.7 Å². The number of para-hydroxylation sites is 1. The summed E-state index contributed by atoms with van der Waals surface area (Å²) in [5.74, 6) is -1.70. The lowest BCUT2D eigenvalue weighted by molar-refractivity contribution is -0.144. The molecule has 9 nitrogen and oxygen atoms in total. The quantitative estimate of drug-likeness (QED) is 0.218. The minimum Gasteiger partial charge on any atom is -0.444 e. The lowest BCUT2D eigenvalue weighted by atomic mass is 9.83. The summed E-state index contributed by atoms with van der Waals surface area (Å²) in [6.45, 7) is 6.56. The van der Waals surface area contributed by atoms with E-state index in [1.807, 2.05) is 30.0 Å². The van der Waals surface area contributed by atoms with Crippen LogP contribution in [0.1, 0.15) is 55.3 Å². The predicted octanol–water partition coefficient (Wildman–Crippen LogP) is 7.05. The second-order valence-corrected chi connectivity index (χ2v) is 13.2. The maximum Gasteiger partial charge on any atom is 0.451 e.